The molecule has 0 aliphatic heterocycles. The number of benzene rings is 1. The van der Waals surface area contributed by atoms with Gasteiger partial charge >= 0.3 is 0 Å². The van der Waals surface area contributed by atoms with Crippen molar-refractivity contribution in [3.05, 3.63) is 57.5 Å². The molecule has 1 heterocycles. The maximum absolute atomic E-state index is 12.8. The maximum atomic E-state index is 12.8. The zero-order valence-corrected chi connectivity index (χ0v) is 9.60. The minimum atomic E-state index is -0.680. The predicted octanol–water partition coefficient (Wildman–Crippen LogP) is 3.57. The molecule has 1 aromatic carbocycles. The van der Waals surface area contributed by atoms with Gasteiger partial charge in [0.05, 0.1) is 4.92 Å². The Labute approximate surface area is 106 Å². The van der Waals surface area contributed by atoms with Gasteiger partial charge in [-0.05, 0) is 12.1 Å². The van der Waals surface area contributed by atoms with E-state index in [1.807, 2.05) is 0 Å². The van der Waals surface area contributed by atoms with E-state index >= 15 is 0 Å². The van der Waals surface area contributed by atoms with Crippen molar-refractivity contribution in [3.63, 3.8) is 0 Å². The van der Waals surface area contributed by atoms with Gasteiger partial charge in [-0.2, -0.15) is 9.37 Å². The van der Waals surface area contributed by atoms with Crippen LogP contribution in [-0.2, 0) is 0 Å². The van der Waals surface area contributed by atoms with E-state index in [1.54, 1.807) is 0 Å². The normalized spacial score (nSPS) is 10.1. The Bertz CT molecular complexity index is 607. The number of ether oxygens (including phenoxy) is 1. The fourth-order valence-corrected chi connectivity index (χ4v) is 1.51. The summed E-state index contributed by atoms with van der Waals surface area (Å²) in [7, 11) is 0. The van der Waals surface area contributed by atoms with Crippen LogP contribution in [0.4, 0.5) is 10.1 Å². The van der Waals surface area contributed by atoms with Crippen molar-refractivity contribution >= 4 is 17.3 Å². The lowest BCUT2D eigenvalue weighted by Gasteiger charge is -2.04. The summed E-state index contributed by atoms with van der Waals surface area (Å²) in [4.78, 5) is 13.4. The third-order valence-corrected chi connectivity index (χ3v) is 2.33. The Hall–Kier alpha value is -2.21. The highest BCUT2D eigenvalue weighted by Gasteiger charge is 2.13. The first-order valence-electron chi connectivity index (χ1n) is 4.80. The summed E-state index contributed by atoms with van der Waals surface area (Å²) in [5.74, 6) is -0.399. The number of halogens is 2. The van der Waals surface area contributed by atoms with E-state index in [1.165, 1.54) is 36.4 Å². The SMILES string of the molecule is O=[N+]([O-])c1ccc(Oc2cccc(F)n2)cc1Cl. The molecule has 2 rings (SSSR count). The third kappa shape index (κ3) is 2.72. The van der Waals surface area contributed by atoms with Gasteiger partial charge in [0.1, 0.15) is 10.8 Å². The van der Waals surface area contributed by atoms with Gasteiger partial charge < -0.3 is 4.74 Å². The van der Waals surface area contributed by atoms with Gasteiger partial charge in [-0.15, -0.1) is 0 Å². The number of nitrogens with zero attached hydrogens (tertiary/aromatic N) is 2. The summed E-state index contributed by atoms with van der Waals surface area (Å²) < 4.78 is 18.0. The quantitative estimate of drug-likeness (QED) is 0.485. The molecule has 0 unspecified atom stereocenters. The van der Waals surface area contributed by atoms with Crippen LogP contribution in [0.15, 0.2) is 36.4 Å². The molecule has 1 aromatic heterocycles. The summed E-state index contributed by atoms with van der Waals surface area (Å²) in [5.41, 5.74) is -0.226. The van der Waals surface area contributed by atoms with Crippen molar-refractivity contribution in [1.29, 1.82) is 0 Å². The summed E-state index contributed by atoms with van der Waals surface area (Å²) in [6, 6.07) is 7.90. The Morgan fingerprint density at radius 3 is 2.72 bits per heavy atom. The topological polar surface area (TPSA) is 65.3 Å². The van der Waals surface area contributed by atoms with Gasteiger partial charge in [-0.1, -0.05) is 17.7 Å². The molecule has 0 bridgehead atoms. The minimum Gasteiger partial charge on any atom is -0.439 e. The lowest BCUT2D eigenvalue weighted by atomic mass is 10.3. The summed E-state index contributed by atoms with van der Waals surface area (Å²) in [6.45, 7) is 0. The van der Waals surface area contributed by atoms with Gasteiger partial charge in [-0.25, -0.2) is 0 Å². The first-order valence-corrected chi connectivity index (χ1v) is 5.18. The van der Waals surface area contributed by atoms with E-state index in [0.29, 0.717) is 0 Å². The van der Waals surface area contributed by atoms with E-state index < -0.39 is 10.9 Å². The molecule has 2 aromatic rings. The maximum Gasteiger partial charge on any atom is 0.288 e. The molecule has 0 aliphatic rings. The van der Waals surface area contributed by atoms with E-state index in [4.69, 9.17) is 16.3 Å². The van der Waals surface area contributed by atoms with Gasteiger partial charge in [0, 0.05) is 18.2 Å². The molecule has 0 atom stereocenters. The third-order valence-electron chi connectivity index (χ3n) is 2.03. The van der Waals surface area contributed by atoms with Crippen LogP contribution in [0.2, 0.25) is 5.02 Å². The monoisotopic (exact) mass is 268 g/mol. The summed E-state index contributed by atoms with van der Waals surface area (Å²) in [5, 5.41) is 10.5. The molecule has 0 N–H and O–H groups in total. The van der Waals surface area contributed by atoms with E-state index in [-0.39, 0.29) is 22.3 Å². The fraction of sp³-hybridized carbons (Fsp3) is 0. The molecule has 18 heavy (non-hydrogen) atoms. The van der Waals surface area contributed by atoms with Crippen molar-refractivity contribution in [2.45, 2.75) is 0 Å². The molecular formula is C11H6ClFN2O3. The van der Waals surface area contributed by atoms with Crippen molar-refractivity contribution < 1.29 is 14.1 Å². The number of aromatic nitrogens is 1. The van der Waals surface area contributed by atoms with Crippen molar-refractivity contribution in [2.75, 3.05) is 0 Å². The van der Waals surface area contributed by atoms with E-state index in [9.17, 15) is 14.5 Å². The second kappa shape index (κ2) is 4.97. The summed E-state index contributed by atoms with van der Waals surface area (Å²) >= 11 is 5.71. The van der Waals surface area contributed by atoms with Crippen molar-refractivity contribution in [1.82, 2.24) is 4.98 Å². The zero-order chi connectivity index (χ0) is 13.1. The van der Waals surface area contributed by atoms with Crippen LogP contribution in [0.1, 0.15) is 0 Å². The molecule has 5 nitrogen and oxygen atoms in total. The van der Waals surface area contributed by atoms with Crippen molar-refractivity contribution in [2.24, 2.45) is 0 Å². The molecule has 0 spiro atoms. The number of nitro groups is 1. The highest BCUT2D eigenvalue weighted by molar-refractivity contribution is 6.32. The van der Waals surface area contributed by atoms with Crippen LogP contribution in [-0.4, -0.2) is 9.91 Å². The Kier molecular flexibility index (Phi) is 3.38. The van der Waals surface area contributed by atoms with Crippen LogP contribution in [0.3, 0.4) is 0 Å². The highest BCUT2D eigenvalue weighted by Crippen LogP contribution is 2.30. The second-order valence-corrected chi connectivity index (χ2v) is 3.68. The Morgan fingerprint density at radius 1 is 1.33 bits per heavy atom. The zero-order valence-electron chi connectivity index (χ0n) is 8.84. The lowest BCUT2D eigenvalue weighted by Crippen LogP contribution is -1.92. The smallest absolute Gasteiger partial charge is 0.288 e. The number of hydrogen-bond donors (Lipinski definition) is 0. The first kappa shape index (κ1) is 12.3. The average molecular weight is 269 g/mol. The van der Waals surface area contributed by atoms with Crippen LogP contribution in [0.25, 0.3) is 0 Å². The molecule has 0 aliphatic carbocycles. The number of rotatable bonds is 3. The number of pyridine rings is 1. The fourth-order valence-electron chi connectivity index (χ4n) is 1.27. The largest absolute Gasteiger partial charge is 0.439 e. The molecule has 92 valence electrons. The first-order chi connectivity index (χ1) is 8.56. The Balaban J connectivity index is 2.25. The molecule has 7 heteroatoms. The van der Waals surface area contributed by atoms with Crippen LogP contribution >= 0.6 is 11.6 Å². The number of nitro benzene ring substituents is 1. The van der Waals surface area contributed by atoms with Crippen molar-refractivity contribution in [3.8, 4) is 11.6 Å². The lowest BCUT2D eigenvalue weighted by molar-refractivity contribution is -0.384. The van der Waals surface area contributed by atoms with Gasteiger partial charge in [-0.3, -0.25) is 10.1 Å². The van der Waals surface area contributed by atoms with Crippen LogP contribution < -0.4 is 4.74 Å². The van der Waals surface area contributed by atoms with E-state index in [2.05, 4.69) is 4.98 Å². The highest BCUT2D eigenvalue weighted by atomic mass is 35.5. The standard InChI is InChI=1S/C11H6ClFN2O3/c12-8-6-7(4-5-9(8)15(16)17)18-11-3-1-2-10(13)14-11/h1-6H. The van der Waals surface area contributed by atoms with Gasteiger partial charge in [0.2, 0.25) is 11.8 Å². The molecule has 0 radical (unpaired) electrons. The summed E-state index contributed by atoms with van der Waals surface area (Å²) in [6.07, 6.45) is 0. The minimum absolute atomic E-state index is 0.0416. The predicted molar refractivity (Wildman–Crippen MR) is 62.4 cm³/mol. The van der Waals surface area contributed by atoms with Crippen LogP contribution in [0.5, 0.6) is 11.6 Å². The van der Waals surface area contributed by atoms with Crippen LogP contribution in [0, 0.1) is 16.1 Å². The number of hydrogen-bond acceptors (Lipinski definition) is 4. The molecule has 0 fully saturated rings. The average Bonchev–Trinajstić information content (AvgIpc) is 2.28. The second-order valence-electron chi connectivity index (χ2n) is 3.27. The van der Waals surface area contributed by atoms with Gasteiger partial charge in [0.15, 0.2) is 0 Å². The Morgan fingerprint density at radius 2 is 2.11 bits per heavy atom. The molecule has 0 saturated carbocycles. The van der Waals surface area contributed by atoms with E-state index in [0.717, 1.165) is 0 Å². The van der Waals surface area contributed by atoms with Gasteiger partial charge in [0.25, 0.3) is 5.69 Å². The molecule has 0 amide bonds. The molecular weight excluding hydrogens is 263 g/mol. The molecule has 0 saturated heterocycles.